The van der Waals surface area contributed by atoms with Crippen molar-refractivity contribution >= 4 is 29.9 Å². The number of carbonyl (C=O) groups excluding carboxylic acids is 2. The third kappa shape index (κ3) is 7.05. The van der Waals surface area contributed by atoms with Gasteiger partial charge in [0, 0.05) is 0 Å². The van der Waals surface area contributed by atoms with E-state index in [0.717, 1.165) is 0 Å². The molecule has 0 aliphatic heterocycles. The molecule has 0 bridgehead atoms. The Labute approximate surface area is 138 Å². The van der Waals surface area contributed by atoms with Gasteiger partial charge in [-0.25, -0.2) is 18.4 Å². The van der Waals surface area contributed by atoms with E-state index < -0.39 is 46.9 Å². The van der Waals surface area contributed by atoms with Crippen LogP contribution in [0.15, 0.2) is 24.3 Å². The minimum absolute atomic E-state index is 0.0532. The molecule has 2 radical (unpaired) electrons. The highest BCUT2D eigenvalue weighted by Crippen LogP contribution is 2.16. The van der Waals surface area contributed by atoms with Crippen LogP contribution < -0.4 is 0 Å². The molecule has 0 saturated carbocycles. The lowest BCUT2D eigenvalue weighted by Gasteiger charge is -2.14. The summed E-state index contributed by atoms with van der Waals surface area (Å²) in [5.41, 5.74) is 0.583. The molecule has 0 heterocycles. The van der Waals surface area contributed by atoms with Gasteiger partial charge >= 0.3 is 11.9 Å². The van der Waals surface area contributed by atoms with Crippen molar-refractivity contribution in [1.82, 2.24) is 0 Å². The second-order valence-corrected chi connectivity index (χ2v) is 6.13. The van der Waals surface area contributed by atoms with Gasteiger partial charge in [-0.2, -0.15) is 8.42 Å². The number of alkyl halides is 2. The fourth-order valence-electron chi connectivity index (χ4n) is 1.64. The average Bonchev–Trinajstić information content (AvgIpc) is 2.48. The van der Waals surface area contributed by atoms with Crippen molar-refractivity contribution < 1.29 is 40.8 Å². The lowest BCUT2D eigenvalue weighted by atomic mass is 9.93. The van der Waals surface area contributed by atoms with Crippen LogP contribution in [0.5, 0.6) is 0 Å². The minimum Gasteiger partial charge on any atom is -0.457 e. The van der Waals surface area contributed by atoms with Crippen molar-refractivity contribution in [2.45, 2.75) is 12.2 Å². The molecule has 0 aromatic heterocycles. The summed E-state index contributed by atoms with van der Waals surface area (Å²) in [4.78, 5) is 23.0. The van der Waals surface area contributed by atoms with Crippen LogP contribution in [0.25, 0.3) is 0 Å². The van der Waals surface area contributed by atoms with Crippen LogP contribution >= 0.6 is 0 Å². The predicted octanol–water partition coefficient (Wildman–Crippen LogP) is 0.578. The van der Waals surface area contributed by atoms with Gasteiger partial charge in [0.1, 0.15) is 5.75 Å². The highest BCUT2D eigenvalue weighted by molar-refractivity contribution is 7.85. The Bertz CT molecular complexity index is 706. The van der Waals surface area contributed by atoms with Gasteiger partial charge in [0.15, 0.2) is 13.2 Å². The average molecular weight is 362 g/mol. The molecule has 11 heteroatoms. The van der Waals surface area contributed by atoms with Gasteiger partial charge < -0.3 is 9.47 Å². The molecular formula is C13H13BF2O7S. The Hall–Kier alpha value is -2.01. The second kappa shape index (κ2) is 8.20. The predicted molar refractivity (Wildman–Crippen MR) is 78.5 cm³/mol. The zero-order valence-electron chi connectivity index (χ0n) is 12.3. The third-order valence-electron chi connectivity index (χ3n) is 2.62. The van der Waals surface area contributed by atoms with Crippen molar-refractivity contribution in [2.24, 2.45) is 0 Å². The quantitative estimate of drug-likeness (QED) is 0.409. The minimum atomic E-state index is -4.94. The maximum atomic E-state index is 13.1. The fraction of sp³-hybridized carbons (Fsp3) is 0.385. The normalized spacial score (nSPS) is 11.8. The summed E-state index contributed by atoms with van der Waals surface area (Å²) in [5, 5.41) is 0. The van der Waals surface area contributed by atoms with Crippen molar-refractivity contribution in [2.75, 3.05) is 19.0 Å². The molecule has 1 rings (SSSR count). The van der Waals surface area contributed by atoms with Gasteiger partial charge in [-0.05, 0) is 11.6 Å². The number of carbonyl (C=O) groups is 2. The largest absolute Gasteiger partial charge is 0.457 e. The molecule has 0 fully saturated rings. The Morgan fingerprint density at radius 2 is 1.83 bits per heavy atom. The van der Waals surface area contributed by atoms with Crippen LogP contribution in [-0.4, -0.2) is 57.6 Å². The third-order valence-corrected chi connectivity index (χ3v) is 3.40. The van der Waals surface area contributed by atoms with E-state index in [1.165, 1.54) is 6.07 Å². The molecular weight excluding hydrogens is 349 g/mol. The second-order valence-electron chi connectivity index (χ2n) is 4.68. The molecule has 24 heavy (non-hydrogen) atoms. The van der Waals surface area contributed by atoms with Gasteiger partial charge in [-0.3, -0.25) is 4.55 Å². The van der Waals surface area contributed by atoms with Crippen LogP contribution in [0.2, 0.25) is 0 Å². The molecule has 0 spiro atoms. The van der Waals surface area contributed by atoms with E-state index in [1.807, 2.05) is 0 Å². The molecule has 0 unspecified atom stereocenters. The van der Waals surface area contributed by atoms with Gasteiger partial charge in [-0.1, -0.05) is 24.5 Å². The fourth-order valence-corrected chi connectivity index (χ4v) is 2.25. The topological polar surface area (TPSA) is 107 Å². The number of halogens is 2. The van der Waals surface area contributed by atoms with E-state index in [4.69, 9.17) is 12.4 Å². The van der Waals surface area contributed by atoms with Gasteiger partial charge in [0.25, 0.3) is 16.0 Å². The zero-order valence-corrected chi connectivity index (χ0v) is 13.1. The molecule has 0 aliphatic carbocycles. The summed E-state index contributed by atoms with van der Waals surface area (Å²) < 4.78 is 64.1. The van der Waals surface area contributed by atoms with Crippen molar-refractivity contribution in [1.29, 1.82) is 0 Å². The van der Waals surface area contributed by atoms with E-state index >= 15 is 0 Å². The Kier molecular flexibility index (Phi) is 6.85. The summed E-state index contributed by atoms with van der Waals surface area (Å²) in [5.74, 6) is -8.06. The number of rotatable bonds is 8. The first-order valence-corrected chi connectivity index (χ1v) is 8.09. The summed E-state index contributed by atoms with van der Waals surface area (Å²) in [6.45, 7) is -2.53. The summed E-state index contributed by atoms with van der Waals surface area (Å²) in [6.07, 6.45) is 0.0532. The maximum Gasteiger partial charge on any atom is 0.344 e. The molecule has 0 aliphatic rings. The van der Waals surface area contributed by atoms with Gasteiger partial charge in [0.05, 0.1) is 13.4 Å². The highest BCUT2D eigenvalue weighted by Gasteiger charge is 2.36. The molecule has 0 saturated heterocycles. The summed E-state index contributed by atoms with van der Waals surface area (Å²) >= 11 is 0. The summed E-state index contributed by atoms with van der Waals surface area (Å²) in [7, 11) is 0.500. The smallest absolute Gasteiger partial charge is 0.344 e. The first-order valence-electron chi connectivity index (χ1n) is 6.48. The van der Waals surface area contributed by atoms with Gasteiger partial charge in [-0.15, -0.1) is 0 Å². The van der Waals surface area contributed by atoms with Crippen molar-refractivity contribution in [3.05, 3.63) is 35.4 Å². The van der Waals surface area contributed by atoms with Crippen LogP contribution in [-0.2, 0) is 30.7 Å². The number of esters is 2. The van der Waals surface area contributed by atoms with Gasteiger partial charge in [0.2, 0.25) is 0 Å². The lowest BCUT2D eigenvalue weighted by molar-refractivity contribution is -0.156. The zero-order chi connectivity index (χ0) is 18.4. The highest BCUT2D eigenvalue weighted by atomic mass is 32.2. The molecule has 1 N–H and O–H groups in total. The van der Waals surface area contributed by atoms with Crippen LogP contribution in [0.4, 0.5) is 8.78 Å². The molecule has 0 amide bonds. The maximum absolute atomic E-state index is 13.1. The Balaban J connectivity index is 2.50. The number of hydrogen-bond acceptors (Lipinski definition) is 6. The molecule has 1 aromatic rings. The first kappa shape index (κ1) is 20.0. The standard InChI is InChI=1S/C13H13BF2O7S/c14-5-9-3-1-2-4-10(9)12(18)22-6-11(17)23-7-13(15,16)8-24(19,20)21/h1-4H,5-8H2,(H,19,20,21). The SMILES string of the molecule is [B]Cc1ccccc1C(=O)OCC(=O)OCC(F)(F)CS(=O)(=O)O. The lowest BCUT2D eigenvalue weighted by Crippen LogP contribution is -2.34. The Morgan fingerprint density at radius 3 is 2.42 bits per heavy atom. The van der Waals surface area contributed by atoms with Crippen molar-refractivity contribution in [3.8, 4) is 0 Å². The summed E-state index contributed by atoms with van der Waals surface area (Å²) in [6, 6.07) is 6.18. The van der Waals surface area contributed by atoms with Crippen molar-refractivity contribution in [3.63, 3.8) is 0 Å². The number of hydrogen-bond donors (Lipinski definition) is 1. The molecule has 0 atom stereocenters. The van der Waals surface area contributed by atoms with E-state index in [1.54, 1.807) is 18.2 Å². The number of ether oxygens (including phenoxy) is 2. The van der Waals surface area contributed by atoms with Crippen LogP contribution in [0.3, 0.4) is 0 Å². The van der Waals surface area contributed by atoms with E-state index in [9.17, 15) is 26.8 Å². The van der Waals surface area contributed by atoms with Crippen LogP contribution in [0.1, 0.15) is 15.9 Å². The van der Waals surface area contributed by atoms with E-state index in [0.29, 0.717) is 5.56 Å². The molecule has 1 aromatic carbocycles. The van der Waals surface area contributed by atoms with Crippen LogP contribution in [0, 0.1) is 0 Å². The molecule has 7 nitrogen and oxygen atoms in total. The van der Waals surface area contributed by atoms with E-state index in [-0.39, 0.29) is 11.9 Å². The van der Waals surface area contributed by atoms with E-state index in [2.05, 4.69) is 9.47 Å². The molecule has 130 valence electrons. The first-order chi connectivity index (χ1) is 11.0. The Morgan fingerprint density at radius 1 is 1.21 bits per heavy atom. The monoisotopic (exact) mass is 362 g/mol. The number of benzene rings is 1.